The molecule has 14 heavy (non-hydrogen) atoms. The van der Waals surface area contributed by atoms with Gasteiger partial charge in [-0.05, 0) is 0 Å². The maximum atomic E-state index is 8.79. The van der Waals surface area contributed by atoms with Crippen LogP contribution in [0.4, 0.5) is 0 Å². The van der Waals surface area contributed by atoms with E-state index in [0.717, 1.165) is 10.4 Å². The van der Waals surface area contributed by atoms with E-state index in [1.807, 2.05) is 0 Å². The van der Waals surface area contributed by atoms with E-state index in [2.05, 4.69) is 37.3 Å². The summed E-state index contributed by atoms with van der Waals surface area (Å²) in [6, 6.07) is 10.8. The van der Waals surface area contributed by atoms with Gasteiger partial charge in [0.25, 0.3) is 0 Å². The fraction of sp³-hybridized carbons (Fsp3) is 0.500. The van der Waals surface area contributed by atoms with Gasteiger partial charge in [0, 0.05) is 0 Å². The summed E-state index contributed by atoms with van der Waals surface area (Å²) in [5.41, 5.74) is 0. The van der Waals surface area contributed by atoms with Crippen molar-refractivity contribution in [3.05, 3.63) is 30.3 Å². The number of benzene rings is 1. The number of hydrogen-bond acceptors (Lipinski definition) is 1. The van der Waals surface area contributed by atoms with Crippen LogP contribution >= 0.6 is 0 Å². The molecule has 78 valence electrons. The van der Waals surface area contributed by atoms with Crippen LogP contribution in [0.25, 0.3) is 0 Å². The molecular formula is C12H18OTe. The second-order valence-electron chi connectivity index (χ2n) is 3.33. The van der Waals surface area contributed by atoms with Crippen LogP contribution in [0.2, 0.25) is 3.97 Å². The summed E-state index contributed by atoms with van der Waals surface area (Å²) in [5, 5.41) is 8.79. The standard InChI is InChI=1S/C12H18OTe/c1-2-11(9-6-10-13)14-12-7-4-3-5-8-12/h3-5,7-8,11,13H,2,6,9-10H2,1H3. The summed E-state index contributed by atoms with van der Waals surface area (Å²) in [4.78, 5) is 0. The average Bonchev–Trinajstić information content (AvgIpc) is 2.25. The van der Waals surface area contributed by atoms with Crippen molar-refractivity contribution in [1.29, 1.82) is 0 Å². The number of aliphatic hydroxyl groups excluding tert-OH is 1. The molecule has 0 aliphatic heterocycles. The fourth-order valence-corrected chi connectivity index (χ4v) is 4.64. The molecular weight excluding hydrogens is 288 g/mol. The molecule has 1 nitrogen and oxygen atoms in total. The van der Waals surface area contributed by atoms with Crippen LogP contribution in [0, 0.1) is 0 Å². The first kappa shape index (κ1) is 12.0. The third-order valence-corrected chi connectivity index (χ3v) is 6.31. The molecule has 1 aromatic carbocycles. The van der Waals surface area contributed by atoms with Crippen molar-refractivity contribution >= 4 is 24.5 Å². The molecule has 0 aromatic heterocycles. The van der Waals surface area contributed by atoms with Gasteiger partial charge < -0.3 is 0 Å². The van der Waals surface area contributed by atoms with E-state index in [1.54, 1.807) is 3.61 Å². The Labute approximate surface area is 96.6 Å². The molecule has 0 spiro atoms. The topological polar surface area (TPSA) is 20.2 Å². The quantitative estimate of drug-likeness (QED) is 0.797. The molecule has 1 unspecified atom stereocenters. The molecule has 0 bridgehead atoms. The molecule has 0 saturated carbocycles. The Hall–Kier alpha value is -0.0304. The van der Waals surface area contributed by atoms with E-state index >= 15 is 0 Å². The van der Waals surface area contributed by atoms with Gasteiger partial charge in [0.2, 0.25) is 0 Å². The van der Waals surface area contributed by atoms with E-state index in [0.29, 0.717) is 6.61 Å². The number of hydrogen-bond donors (Lipinski definition) is 1. The monoisotopic (exact) mass is 308 g/mol. The van der Waals surface area contributed by atoms with Crippen LogP contribution in [0.1, 0.15) is 26.2 Å². The van der Waals surface area contributed by atoms with Crippen molar-refractivity contribution in [1.82, 2.24) is 0 Å². The van der Waals surface area contributed by atoms with Crippen molar-refractivity contribution in [2.24, 2.45) is 0 Å². The van der Waals surface area contributed by atoms with Gasteiger partial charge in [0.1, 0.15) is 0 Å². The Morgan fingerprint density at radius 2 is 2.00 bits per heavy atom. The summed E-state index contributed by atoms with van der Waals surface area (Å²) >= 11 is -0.0470. The normalized spacial score (nSPS) is 12.7. The van der Waals surface area contributed by atoms with Crippen molar-refractivity contribution < 1.29 is 5.11 Å². The predicted molar refractivity (Wildman–Crippen MR) is 62.2 cm³/mol. The van der Waals surface area contributed by atoms with E-state index in [9.17, 15) is 0 Å². The molecule has 0 saturated heterocycles. The SMILES string of the molecule is CCC(CCCO)[Te]c1ccccc1. The molecule has 0 fully saturated rings. The maximum absolute atomic E-state index is 8.79. The Morgan fingerprint density at radius 1 is 1.29 bits per heavy atom. The van der Waals surface area contributed by atoms with E-state index < -0.39 is 0 Å². The molecule has 0 radical (unpaired) electrons. The summed E-state index contributed by atoms with van der Waals surface area (Å²) in [5.74, 6) is 0. The molecule has 1 rings (SSSR count). The van der Waals surface area contributed by atoms with Crippen molar-refractivity contribution in [3.63, 3.8) is 0 Å². The predicted octanol–water partition coefficient (Wildman–Crippen LogP) is 1.99. The molecule has 1 N–H and O–H groups in total. The zero-order valence-electron chi connectivity index (χ0n) is 8.65. The summed E-state index contributed by atoms with van der Waals surface area (Å²) in [6.07, 6.45) is 3.43. The van der Waals surface area contributed by atoms with Gasteiger partial charge in [0.05, 0.1) is 0 Å². The van der Waals surface area contributed by atoms with E-state index in [-0.39, 0.29) is 20.9 Å². The van der Waals surface area contributed by atoms with Gasteiger partial charge in [0.15, 0.2) is 0 Å². The minimum absolute atomic E-state index is 0.0470. The molecule has 0 heterocycles. The van der Waals surface area contributed by atoms with Gasteiger partial charge in [-0.2, -0.15) is 0 Å². The fourth-order valence-electron chi connectivity index (χ4n) is 1.36. The number of aliphatic hydroxyl groups is 1. The summed E-state index contributed by atoms with van der Waals surface area (Å²) in [7, 11) is 0. The zero-order chi connectivity index (χ0) is 10.2. The summed E-state index contributed by atoms with van der Waals surface area (Å²) < 4.78 is 2.40. The molecule has 2 heteroatoms. The Morgan fingerprint density at radius 3 is 2.57 bits per heavy atom. The van der Waals surface area contributed by atoms with Crippen molar-refractivity contribution in [3.8, 4) is 0 Å². The second kappa shape index (κ2) is 7.29. The van der Waals surface area contributed by atoms with E-state index in [4.69, 9.17) is 5.11 Å². The van der Waals surface area contributed by atoms with Crippen LogP contribution in [0.15, 0.2) is 30.3 Å². The van der Waals surface area contributed by atoms with Crippen LogP contribution < -0.4 is 3.61 Å². The Balaban J connectivity index is 2.40. The van der Waals surface area contributed by atoms with Gasteiger partial charge in [-0.3, -0.25) is 0 Å². The Bertz CT molecular complexity index is 235. The molecule has 0 aliphatic rings. The first-order valence-corrected chi connectivity index (χ1v) is 7.70. The van der Waals surface area contributed by atoms with Crippen molar-refractivity contribution in [2.75, 3.05) is 6.61 Å². The molecule has 1 aromatic rings. The first-order chi connectivity index (χ1) is 6.86. The van der Waals surface area contributed by atoms with Gasteiger partial charge >= 0.3 is 96.7 Å². The van der Waals surface area contributed by atoms with Crippen molar-refractivity contribution in [2.45, 2.75) is 30.2 Å². The molecule has 1 atom stereocenters. The average molecular weight is 306 g/mol. The third-order valence-electron chi connectivity index (χ3n) is 2.19. The minimum atomic E-state index is -0.0470. The zero-order valence-corrected chi connectivity index (χ0v) is 11.0. The van der Waals surface area contributed by atoms with Gasteiger partial charge in [-0.15, -0.1) is 0 Å². The summed E-state index contributed by atoms with van der Waals surface area (Å²) in [6.45, 7) is 2.61. The second-order valence-corrected chi connectivity index (χ2v) is 7.25. The first-order valence-electron chi connectivity index (χ1n) is 5.19. The van der Waals surface area contributed by atoms with Gasteiger partial charge in [-0.25, -0.2) is 0 Å². The van der Waals surface area contributed by atoms with Gasteiger partial charge in [-0.1, -0.05) is 0 Å². The van der Waals surface area contributed by atoms with Crippen LogP contribution in [0.5, 0.6) is 0 Å². The molecule has 0 amide bonds. The van der Waals surface area contributed by atoms with Crippen LogP contribution in [-0.2, 0) is 0 Å². The van der Waals surface area contributed by atoms with Crippen LogP contribution in [-0.4, -0.2) is 32.6 Å². The molecule has 0 aliphatic carbocycles. The third kappa shape index (κ3) is 4.46. The Kier molecular flexibility index (Phi) is 6.27. The van der Waals surface area contributed by atoms with Crippen LogP contribution in [0.3, 0.4) is 0 Å². The van der Waals surface area contributed by atoms with E-state index in [1.165, 1.54) is 12.8 Å². The number of rotatable bonds is 6.